The molecule has 21 heavy (non-hydrogen) atoms. The third-order valence-corrected chi connectivity index (χ3v) is 3.99. The molecule has 1 aromatic heterocycles. The highest BCUT2D eigenvalue weighted by atomic mass is 35.5. The molecule has 0 fully saturated rings. The van der Waals surface area contributed by atoms with Gasteiger partial charge in [-0.3, -0.25) is 4.79 Å². The summed E-state index contributed by atoms with van der Waals surface area (Å²) in [5, 5.41) is 10.5. The van der Waals surface area contributed by atoms with Crippen LogP contribution < -0.4 is 0 Å². The lowest BCUT2D eigenvalue weighted by molar-refractivity contribution is -0.147. The van der Waals surface area contributed by atoms with Crippen molar-refractivity contribution in [2.75, 3.05) is 7.05 Å². The number of benzene rings is 1. The van der Waals surface area contributed by atoms with Gasteiger partial charge in [0.25, 0.3) is 5.91 Å². The molecule has 0 saturated heterocycles. The van der Waals surface area contributed by atoms with Gasteiger partial charge in [0.05, 0.1) is 0 Å². The van der Waals surface area contributed by atoms with Crippen LogP contribution in [0.2, 0.25) is 5.02 Å². The number of furan rings is 1. The third kappa shape index (κ3) is 2.49. The van der Waals surface area contributed by atoms with E-state index in [-0.39, 0.29) is 5.76 Å². The highest BCUT2D eigenvalue weighted by Crippen LogP contribution is 2.29. The molecule has 1 aromatic carbocycles. The van der Waals surface area contributed by atoms with E-state index in [1.165, 1.54) is 20.9 Å². The number of carboxylic acids is 1. The van der Waals surface area contributed by atoms with E-state index < -0.39 is 17.4 Å². The molecule has 0 radical (unpaired) electrons. The second kappa shape index (κ2) is 5.07. The summed E-state index contributed by atoms with van der Waals surface area (Å²) in [6.45, 7) is 4.67. The van der Waals surface area contributed by atoms with Gasteiger partial charge in [0.2, 0.25) is 0 Å². The highest BCUT2D eigenvalue weighted by Gasteiger charge is 2.37. The van der Waals surface area contributed by atoms with Crippen LogP contribution >= 0.6 is 11.6 Å². The van der Waals surface area contributed by atoms with Gasteiger partial charge in [0, 0.05) is 23.0 Å². The average Bonchev–Trinajstić information content (AvgIpc) is 2.74. The maximum atomic E-state index is 12.5. The first-order valence-corrected chi connectivity index (χ1v) is 6.74. The SMILES string of the molecule is Cc1c(C(=O)N(C)C(C)(C)C(=O)O)oc2ccc(Cl)cc12. The number of carbonyl (C=O) groups excluding carboxylic acids is 1. The number of halogens is 1. The average molecular weight is 310 g/mol. The molecular formula is C15H16ClNO4. The van der Waals surface area contributed by atoms with E-state index in [0.717, 1.165) is 10.3 Å². The van der Waals surface area contributed by atoms with E-state index in [9.17, 15) is 14.7 Å². The zero-order valence-electron chi connectivity index (χ0n) is 12.2. The lowest BCUT2D eigenvalue weighted by atomic mass is 10.0. The molecule has 0 aliphatic heterocycles. The maximum absolute atomic E-state index is 12.5. The summed E-state index contributed by atoms with van der Waals surface area (Å²) in [5.74, 6) is -1.44. The minimum absolute atomic E-state index is 0.129. The lowest BCUT2D eigenvalue weighted by Crippen LogP contribution is -2.50. The Labute approximate surface area is 127 Å². The summed E-state index contributed by atoms with van der Waals surface area (Å²) in [7, 11) is 1.44. The number of aliphatic carboxylic acids is 1. The number of carboxylic acid groups (broad SMARTS) is 1. The smallest absolute Gasteiger partial charge is 0.329 e. The molecule has 0 unspecified atom stereocenters. The van der Waals surface area contributed by atoms with Gasteiger partial charge in [-0.05, 0) is 39.0 Å². The molecule has 1 N–H and O–H groups in total. The predicted molar refractivity (Wildman–Crippen MR) is 79.8 cm³/mol. The van der Waals surface area contributed by atoms with Crippen LogP contribution in [0.15, 0.2) is 22.6 Å². The van der Waals surface area contributed by atoms with Crippen molar-refractivity contribution >= 4 is 34.4 Å². The number of amides is 1. The van der Waals surface area contributed by atoms with Crippen LogP contribution in [0.1, 0.15) is 30.0 Å². The first-order valence-electron chi connectivity index (χ1n) is 6.36. The third-order valence-electron chi connectivity index (χ3n) is 3.76. The molecule has 6 heteroatoms. The fraction of sp³-hybridized carbons (Fsp3) is 0.333. The van der Waals surface area contributed by atoms with Gasteiger partial charge in [-0.25, -0.2) is 4.79 Å². The summed E-state index contributed by atoms with van der Waals surface area (Å²) >= 11 is 5.94. The van der Waals surface area contributed by atoms with Gasteiger partial charge in [0.1, 0.15) is 11.1 Å². The fourth-order valence-electron chi connectivity index (χ4n) is 1.95. The van der Waals surface area contributed by atoms with Crippen molar-refractivity contribution in [3.8, 4) is 0 Å². The molecule has 5 nitrogen and oxygen atoms in total. The zero-order valence-corrected chi connectivity index (χ0v) is 13.0. The van der Waals surface area contributed by atoms with Crippen LogP contribution in [0.25, 0.3) is 11.0 Å². The Morgan fingerprint density at radius 2 is 1.95 bits per heavy atom. The largest absolute Gasteiger partial charge is 0.480 e. The fourth-order valence-corrected chi connectivity index (χ4v) is 2.12. The molecule has 1 heterocycles. The molecule has 112 valence electrons. The molecular weight excluding hydrogens is 294 g/mol. The Kier molecular flexibility index (Phi) is 3.72. The summed E-state index contributed by atoms with van der Waals surface area (Å²) in [5.41, 5.74) is -0.146. The molecule has 0 saturated carbocycles. The molecule has 0 spiro atoms. The molecule has 0 aliphatic carbocycles. The predicted octanol–water partition coefficient (Wildman–Crippen LogP) is 3.33. The van der Waals surface area contributed by atoms with Crippen molar-refractivity contribution in [2.24, 2.45) is 0 Å². The van der Waals surface area contributed by atoms with Crippen molar-refractivity contribution in [3.05, 3.63) is 34.5 Å². The van der Waals surface area contributed by atoms with Crippen LogP contribution in [0.3, 0.4) is 0 Å². The highest BCUT2D eigenvalue weighted by molar-refractivity contribution is 6.31. The van der Waals surface area contributed by atoms with Gasteiger partial charge in [-0.2, -0.15) is 0 Å². The molecule has 2 rings (SSSR count). The van der Waals surface area contributed by atoms with E-state index >= 15 is 0 Å². The van der Waals surface area contributed by atoms with Crippen molar-refractivity contribution in [2.45, 2.75) is 26.3 Å². The second-order valence-electron chi connectivity index (χ2n) is 5.43. The minimum atomic E-state index is -1.33. The Hall–Kier alpha value is -2.01. The van der Waals surface area contributed by atoms with Crippen LogP contribution in [0, 0.1) is 6.92 Å². The summed E-state index contributed by atoms with van der Waals surface area (Å²) in [6.07, 6.45) is 0. The molecule has 2 aromatic rings. The number of nitrogens with zero attached hydrogens (tertiary/aromatic N) is 1. The summed E-state index contributed by atoms with van der Waals surface area (Å²) in [4.78, 5) is 24.9. The second-order valence-corrected chi connectivity index (χ2v) is 5.86. The number of likely N-dealkylation sites (N-methyl/N-ethyl adjacent to an activating group) is 1. The Bertz CT molecular complexity index is 733. The number of rotatable bonds is 3. The molecule has 0 bridgehead atoms. The Balaban J connectivity index is 2.49. The molecule has 0 aliphatic rings. The molecule has 1 amide bonds. The van der Waals surface area contributed by atoms with Gasteiger partial charge < -0.3 is 14.4 Å². The van der Waals surface area contributed by atoms with Gasteiger partial charge in [0.15, 0.2) is 5.76 Å². The van der Waals surface area contributed by atoms with E-state index in [1.807, 2.05) is 0 Å². The van der Waals surface area contributed by atoms with Gasteiger partial charge >= 0.3 is 5.97 Å². The van der Waals surface area contributed by atoms with Crippen LogP contribution in [0.4, 0.5) is 0 Å². The van der Waals surface area contributed by atoms with Crippen molar-refractivity contribution in [1.29, 1.82) is 0 Å². The van der Waals surface area contributed by atoms with Crippen LogP contribution in [-0.2, 0) is 4.79 Å². The van der Waals surface area contributed by atoms with E-state index in [0.29, 0.717) is 16.2 Å². The Morgan fingerprint density at radius 3 is 2.52 bits per heavy atom. The van der Waals surface area contributed by atoms with E-state index in [1.54, 1.807) is 25.1 Å². The maximum Gasteiger partial charge on any atom is 0.329 e. The number of hydrogen-bond donors (Lipinski definition) is 1. The molecule has 0 atom stereocenters. The quantitative estimate of drug-likeness (QED) is 0.944. The number of hydrogen-bond acceptors (Lipinski definition) is 3. The summed E-state index contributed by atoms with van der Waals surface area (Å²) < 4.78 is 5.57. The number of carbonyl (C=O) groups is 2. The van der Waals surface area contributed by atoms with Crippen molar-refractivity contribution in [3.63, 3.8) is 0 Å². The van der Waals surface area contributed by atoms with Gasteiger partial charge in [-0.1, -0.05) is 11.6 Å². The number of fused-ring (bicyclic) bond motifs is 1. The first kappa shape index (κ1) is 15.4. The zero-order chi connectivity index (χ0) is 15.9. The van der Waals surface area contributed by atoms with E-state index in [4.69, 9.17) is 16.0 Å². The van der Waals surface area contributed by atoms with E-state index in [2.05, 4.69) is 0 Å². The van der Waals surface area contributed by atoms with Gasteiger partial charge in [-0.15, -0.1) is 0 Å². The van der Waals surface area contributed by atoms with Crippen LogP contribution in [0.5, 0.6) is 0 Å². The van der Waals surface area contributed by atoms with Crippen molar-refractivity contribution < 1.29 is 19.1 Å². The van der Waals surface area contributed by atoms with Crippen LogP contribution in [-0.4, -0.2) is 34.5 Å². The Morgan fingerprint density at radius 1 is 1.33 bits per heavy atom. The van der Waals surface area contributed by atoms with Crippen molar-refractivity contribution in [1.82, 2.24) is 4.90 Å². The standard InChI is InChI=1S/C15H16ClNO4/c1-8-10-7-9(16)5-6-11(10)21-12(8)13(18)17(4)15(2,3)14(19)20/h5-7H,1-4H3,(H,19,20). The first-order chi connectivity index (χ1) is 9.66. The topological polar surface area (TPSA) is 70.8 Å². The monoisotopic (exact) mass is 309 g/mol. The number of aryl methyl sites for hydroxylation is 1. The normalized spacial score (nSPS) is 11.7. The minimum Gasteiger partial charge on any atom is -0.480 e. The summed E-state index contributed by atoms with van der Waals surface area (Å²) in [6, 6.07) is 5.07. The lowest BCUT2D eigenvalue weighted by Gasteiger charge is -2.30.